The van der Waals surface area contributed by atoms with Gasteiger partial charge in [-0.3, -0.25) is 4.98 Å². The van der Waals surface area contributed by atoms with Crippen LogP contribution in [0.3, 0.4) is 0 Å². The zero-order chi connectivity index (χ0) is 14.3. The fourth-order valence-corrected chi connectivity index (χ4v) is 2.19. The lowest BCUT2D eigenvalue weighted by Gasteiger charge is -2.08. The second-order valence-electron chi connectivity index (χ2n) is 4.66. The highest BCUT2D eigenvalue weighted by atomic mass is 19.4. The first-order valence-electron chi connectivity index (χ1n) is 6.03. The number of rotatable bonds is 1. The first-order chi connectivity index (χ1) is 9.45. The third-order valence-electron chi connectivity index (χ3n) is 3.29. The molecule has 0 aliphatic heterocycles. The third kappa shape index (κ3) is 2.15. The van der Waals surface area contributed by atoms with Gasteiger partial charge >= 0.3 is 6.18 Å². The molecule has 0 fully saturated rings. The summed E-state index contributed by atoms with van der Waals surface area (Å²) in [5, 5.41) is 1.05. The predicted molar refractivity (Wildman–Crippen MR) is 71.2 cm³/mol. The Morgan fingerprint density at radius 2 is 1.80 bits per heavy atom. The van der Waals surface area contributed by atoms with Crippen molar-refractivity contribution in [1.82, 2.24) is 9.55 Å². The Bertz CT molecular complexity index is 772. The molecule has 0 spiro atoms. The predicted octanol–water partition coefficient (Wildman–Crippen LogP) is 4.26. The Labute approximate surface area is 113 Å². The number of alkyl halides is 3. The number of benzene rings is 1. The fraction of sp³-hybridized carbons (Fsp3) is 0.133. The summed E-state index contributed by atoms with van der Waals surface area (Å²) in [6.45, 7) is 0. The normalized spacial score (nSPS) is 12.0. The van der Waals surface area contributed by atoms with Gasteiger partial charge < -0.3 is 4.57 Å². The molecule has 2 nitrogen and oxygen atoms in total. The van der Waals surface area contributed by atoms with Crippen LogP contribution in [0.2, 0.25) is 0 Å². The van der Waals surface area contributed by atoms with Crippen LogP contribution >= 0.6 is 0 Å². The van der Waals surface area contributed by atoms with Gasteiger partial charge in [0.15, 0.2) is 0 Å². The highest BCUT2D eigenvalue weighted by molar-refractivity contribution is 5.85. The summed E-state index contributed by atoms with van der Waals surface area (Å²) in [6, 6.07) is 8.65. The smallest absolute Gasteiger partial charge is 0.351 e. The maximum atomic E-state index is 12.7. The Balaban J connectivity index is 2.13. The van der Waals surface area contributed by atoms with Crippen LogP contribution in [0.4, 0.5) is 13.2 Å². The van der Waals surface area contributed by atoms with Crippen molar-refractivity contribution in [2.45, 2.75) is 6.18 Å². The summed E-state index contributed by atoms with van der Waals surface area (Å²) in [5.74, 6) is 0. The van der Waals surface area contributed by atoms with E-state index in [1.54, 1.807) is 6.07 Å². The number of fused-ring (bicyclic) bond motifs is 1. The van der Waals surface area contributed by atoms with Gasteiger partial charge in [0.05, 0.1) is 5.56 Å². The van der Waals surface area contributed by atoms with Crippen LogP contribution in [0, 0.1) is 0 Å². The number of hydrogen-bond acceptors (Lipinski definition) is 1. The molecule has 0 unspecified atom stereocenters. The maximum absolute atomic E-state index is 12.7. The van der Waals surface area contributed by atoms with E-state index in [1.807, 2.05) is 36.0 Å². The third-order valence-corrected chi connectivity index (χ3v) is 3.29. The molecule has 1 aromatic carbocycles. The molecular weight excluding hydrogens is 265 g/mol. The first-order valence-corrected chi connectivity index (χ1v) is 6.03. The quantitative estimate of drug-likeness (QED) is 0.649. The number of hydrogen-bond donors (Lipinski definition) is 0. The van der Waals surface area contributed by atoms with E-state index in [0.29, 0.717) is 5.56 Å². The second kappa shape index (κ2) is 4.37. The summed E-state index contributed by atoms with van der Waals surface area (Å²) in [7, 11) is 1.90. The van der Waals surface area contributed by atoms with Crippen molar-refractivity contribution in [3.63, 3.8) is 0 Å². The number of nitrogens with zero attached hydrogens (tertiary/aromatic N) is 2. The summed E-state index contributed by atoms with van der Waals surface area (Å²) >= 11 is 0. The van der Waals surface area contributed by atoms with Crippen molar-refractivity contribution in [1.29, 1.82) is 0 Å². The highest BCUT2D eigenvalue weighted by Gasteiger charge is 2.31. The van der Waals surface area contributed by atoms with Gasteiger partial charge in [0.25, 0.3) is 0 Å². The minimum Gasteiger partial charge on any atom is -0.351 e. The molecule has 0 N–H and O–H groups in total. The van der Waals surface area contributed by atoms with Gasteiger partial charge in [-0.25, -0.2) is 0 Å². The van der Waals surface area contributed by atoms with Crippen LogP contribution in [0.5, 0.6) is 0 Å². The second-order valence-corrected chi connectivity index (χ2v) is 4.66. The monoisotopic (exact) mass is 276 g/mol. The van der Waals surface area contributed by atoms with Gasteiger partial charge in [-0.15, -0.1) is 0 Å². The molecule has 0 bridgehead atoms. The zero-order valence-corrected chi connectivity index (χ0v) is 10.6. The van der Waals surface area contributed by atoms with E-state index in [-0.39, 0.29) is 0 Å². The minimum absolute atomic E-state index is 0.461. The molecule has 0 aliphatic rings. The SMILES string of the molecule is Cn1ccc2ccc(-c3cncc(C(F)(F)F)c3)cc21. The molecule has 2 aromatic heterocycles. The summed E-state index contributed by atoms with van der Waals surface area (Å²) in [4.78, 5) is 3.69. The van der Waals surface area contributed by atoms with Crippen LogP contribution in [0.1, 0.15) is 5.56 Å². The standard InChI is InChI=1S/C15H11F3N2/c1-20-5-4-10-2-3-11(7-14(10)20)12-6-13(9-19-8-12)15(16,17)18/h2-9H,1H3. The van der Waals surface area contributed by atoms with E-state index in [2.05, 4.69) is 4.98 Å². The molecule has 0 aliphatic carbocycles. The van der Waals surface area contributed by atoms with Gasteiger partial charge in [0.2, 0.25) is 0 Å². The van der Waals surface area contributed by atoms with E-state index in [0.717, 1.165) is 28.7 Å². The molecule has 0 amide bonds. The summed E-state index contributed by atoms with van der Waals surface area (Å²) in [5.41, 5.74) is 1.42. The Morgan fingerprint density at radius 3 is 2.55 bits per heavy atom. The number of halogens is 3. The van der Waals surface area contributed by atoms with E-state index in [1.165, 1.54) is 6.20 Å². The average Bonchev–Trinajstić information content (AvgIpc) is 2.79. The number of aryl methyl sites for hydroxylation is 1. The van der Waals surface area contributed by atoms with Crippen molar-refractivity contribution in [3.05, 3.63) is 54.5 Å². The topological polar surface area (TPSA) is 17.8 Å². The molecule has 102 valence electrons. The molecule has 3 aromatic rings. The number of pyridine rings is 1. The van der Waals surface area contributed by atoms with E-state index in [9.17, 15) is 13.2 Å². The Morgan fingerprint density at radius 1 is 1.00 bits per heavy atom. The van der Waals surface area contributed by atoms with Crippen molar-refractivity contribution in [3.8, 4) is 11.1 Å². The van der Waals surface area contributed by atoms with Crippen LogP contribution in [-0.2, 0) is 13.2 Å². The Hall–Kier alpha value is -2.30. The van der Waals surface area contributed by atoms with Crippen molar-refractivity contribution < 1.29 is 13.2 Å². The van der Waals surface area contributed by atoms with Gasteiger partial charge in [0.1, 0.15) is 0 Å². The van der Waals surface area contributed by atoms with Crippen molar-refractivity contribution >= 4 is 10.9 Å². The lowest BCUT2D eigenvalue weighted by molar-refractivity contribution is -0.137. The van der Waals surface area contributed by atoms with E-state index < -0.39 is 11.7 Å². The average molecular weight is 276 g/mol. The molecule has 0 atom stereocenters. The molecule has 5 heteroatoms. The summed E-state index contributed by atoms with van der Waals surface area (Å²) in [6.07, 6.45) is -0.180. The Kier molecular flexibility index (Phi) is 2.78. The van der Waals surface area contributed by atoms with Gasteiger partial charge in [-0.2, -0.15) is 13.2 Å². The fourth-order valence-electron chi connectivity index (χ4n) is 2.19. The summed E-state index contributed by atoms with van der Waals surface area (Å²) < 4.78 is 40.1. The molecule has 3 rings (SSSR count). The van der Waals surface area contributed by atoms with Gasteiger partial charge in [-0.05, 0) is 29.1 Å². The lowest BCUT2D eigenvalue weighted by atomic mass is 10.0. The largest absolute Gasteiger partial charge is 0.417 e. The molecule has 20 heavy (non-hydrogen) atoms. The molecule has 0 saturated carbocycles. The van der Waals surface area contributed by atoms with Gasteiger partial charge in [0, 0.05) is 36.7 Å². The van der Waals surface area contributed by atoms with Crippen molar-refractivity contribution in [2.75, 3.05) is 0 Å². The van der Waals surface area contributed by atoms with Crippen LogP contribution in [-0.4, -0.2) is 9.55 Å². The van der Waals surface area contributed by atoms with Crippen molar-refractivity contribution in [2.24, 2.45) is 7.05 Å². The molecule has 2 heterocycles. The van der Waals surface area contributed by atoms with Crippen LogP contribution in [0.25, 0.3) is 22.0 Å². The number of aromatic nitrogens is 2. The first kappa shape index (κ1) is 12.7. The van der Waals surface area contributed by atoms with Gasteiger partial charge in [-0.1, -0.05) is 12.1 Å². The minimum atomic E-state index is -4.38. The van der Waals surface area contributed by atoms with E-state index in [4.69, 9.17) is 0 Å². The molecule has 0 radical (unpaired) electrons. The molecular formula is C15H11F3N2. The van der Waals surface area contributed by atoms with Crippen LogP contribution < -0.4 is 0 Å². The highest BCUT2D eigenvalue weighted by Crippen LogP contribution is 2.32. The lowest BCUT2D eigenvalue weighted by Crippen LogP contribution is -2.05. The van der Waals surface area contributed by atoms with E-state index >= 15 is 0 Å². The van der Waals surface area contributed by atoms with Crippen LogP contribution in [0.15, 0.2) is 48.9 Å². The molecule has 0 saturated heterocycles. The zero-order valence-electron chi connectivity index (χ0n) is 10.6. The maximum Gasteiger partial charge on any atom is 0.417 e.